The zero-order chi connectivity index (χ0) is 17.6. The van der Waals surface area contributed by atoms with Crippen LogP contribution in [0.15, 0.2) is 65.5 Å². The summed E-state index contributed by atoms with van der Waals surface area (Å²) in [6, 6.07) is 15.4. The van der Waals surface area contributed by atoms with Gasteiger partial charge in [-0.1, -0.05) is 12.1 Å². The number of aromatic nitrogens is 2. The molecule has 3 aromatic rings. The monoisotopic (exact) mass is 339 g/mol. The molecule has 6 nitrogen and oxygen atoms in total. The second-order valence-electron chi connectivity index (χ2n) is 5.19. The van der Waals surface area contributed by atoms with Gasteiger partial charge in [0.15, 0.2) is 0 Å². The van der Waals surface area contributed by atoms with Gasteiger partial charge < -0.3 is 10.1 Å². The minimum absolute atomic E-state index is 0.135. The van der Waals surface area contributed by atoms with E-state index >= 15 is 0 Å². The largest absolute Gasteiger partial charge is 0.457 e. The zero-order valence-electron chi connectivity index (χ0n) is 13.0. The van der Waals surface area contributed by atoms with Gasteiger partial charge in [-0.15, -0.1) is 0 Å². The van der Waals surface area contributed by atoms with Crippen LogP contribution >= 0.6 is 0 Å². The molecule has 0 saturated carbocycles. The van der Waals surface area contributed by atoms with E-state index in [-0.39, 0.29) is 23.0 Å². The molecule has 3 rings (SSSR count). The fraction of sp³-hybridized carbons (Fsp3) is 0.0556. The highest BCUT2D eigenvalue weighted by atomic mass is 19.1. The second kappa shape index (κ2) is 7.39. The van der Waals surface area contributed by atoms with Crippen LogP contribution in [0.25, 0.3) is 0 Å². The van der Waals surface area contributed by atoms with Gasteiger partial charge in [0.2, 0.25) is 0 Å². The molecule has 0 radical (unpaired) electrons. The molecule has 0 aliphatic rings. The molecule has 0 spiro atoms. The maximum absolute atomic E-state index is 12.9. The topological polar surface area (TPSA) is 84.1 Å². The average molecular weight is 339 g/mol. The summed E-state index contributed by atoms with van der Waals surface area (Å²) < 4.78 is 18.5. The molecular formula is C18H14FN3O3. The molecule has 1 heterocycles. The van der Waals surface area contributed by atoms with Crippen LogP contribution in [0.1, 0.15) is 16.1 Å². The molecule has 1 amide bonds. The smallest absolute Gasteiger partial charge is 0.271 e. The zero-order valence-corrected chi connectivity index (χ0v) is 13.0. The summed E-state index contributed by atoms with van der Waals surface area (Å²) >= 11 is 0. The first-order valence-corrected chi connectivity index (χ1v) is 7.46. The number of nitrogens with zero attached hydrogens (tertiary/aromatic N) is 1. The van der Waals surface area contributed by atoms with E-state index in [1.165, 1.54) is 24.3 Å². The fourth-order valence-corrected chi connectivity index (χ4v) is 2.06. The lowest BCUT2D eigenvalue weighted by atomic mass is 10.2. The van der Waals surface area contributed by atoms with E-state index in [4.69, 9.17) is 4.74 Å². The van der Waals surface area contributed by atoms with Gasteiger partial charge in [-0.3, -0.25) is 9.59 Å². The molecule has 0 fully saturated rings. The number of rotatable bonds is 5. The van der Waals surface area contributed by atoms with Crippen molar-refractivity contribution >= 4 is 5.91 Å². The maximum atomic E-state index is 12.9. The first kappa shape index (κ1) is 16.4. The number of benzene rings is 2. The summed E-state index contributed by atoms with van der Waals surface area (Å²) in [6.07, 6.45) is 0. The highest BCUT2D eigenvalue weighted by Gasteiger charge is 2.07. The number of carbonyl (C=O) groups is 1. The van der Waals surface area contributed by atoms with Gasteiger partial charge in [0, 0.05) is 12.6 Å². The highest BCUT2D eigenvalue weighted by molar-refractivity contribution is 5.91. The van der Waals surface area contributed by atoms with Crippen LogP contribution < -0.4 is 15.6 Å². The average Bonchev–Trinajstić information content (AvgIpc) is 2.63. The molecule has 126 valence electrons. The normalized spacial score (nSPS) is 10.3. The van der Waals surface area contributed by atoms with Crippen molar-refractivity contribution in [3.05, 3.63) is 88.1 Å². The van der Waals surface area contributed by atoms with E-state index in [1.54, 1.807) is 36.4 Å². The maximum Gasteiger partial charge on any atom is 0.271 e. The van der Waals surface area contributed by atoms with Crippen molar-refractivity contribution in [1.29, 1.82) is 0 Å². The first-order valence-electron chi connectivity index (χ1n) is 7.46. The van der Waals surface area contributed by atoms with Crippen molar-refractivity contribution < 1.29 is 13.9 Å². The molecule has 0 bridgehead atoms. The molecule has 0 saturated heterocycles. The number of amides is 1. The van der Waals surface area contributed by atoms with Crippen LogP contribution in [0, 0.1) is 5.82 Å². The number of H-pyrrole nitrogens is 1. The van der Waals surface area contributed by atoms with Crippen molar-refractivity contribution in [2.45, 2.75) is 6.54 Å². The Labute approximate surface area is 142 Å². The van der Waals surface area contributed by atoms with E-state index in [1.807, 2.05) is 0 Å². The van der Waals surface area contributed by atoms with Gasteiger partial charge in [0.1, 0.15) is 23.0 Å². The van der Waals surface area contributed by atoms with Crippen molar-refractivity contribution in [1.82, 2.24) is 15.5 Å². The number of hydrogen-bond acceptors (Lipinski definition) is 4. The molecule has 7 heteroatoms. The van der Waals surface area contributed by atoms with Crippen LogP contribution in [0.4, 0.5) is 4.39 Å². The SMILES string of the molecule is O=C(NCc1ccc(Oc2ccc(F)cc2)cc1)c1ccc(=O)[nH]n1. The molecular weight excluding hydrogens is 325 g/mol. The third-order valence-corrected chi connectivity index (χ3v) is 3.34. The Kier molecular flexibility index (Phi) is 4.84. The van der Waals surface area contributed by atoms with Gasteiger partial charge in [0.25, 0.3) is 11.5 Å². The molecule has 0 atom stereocenters. The number of carbonyl (C=O) groups excluding carboxylic acids is 1. The van der Waals surface area contributed by atoms with Crippen LogP contribution in [0.2, 0.25) is 0 Å². The van der Waals surface area contributed by atoms with Gasteiger partial charge in [-0.05, 0) is 48.0 Å². The fourth-order valence-electron chi connectivity index (χ4n) is 2.06. The Bertz CT molecular complexity index is 901. The highest BCUT2D eigenvalue weighted by Crippen LogP contribution is 2.21. The Hall–Kier alpha value is -3.48. The standard InChI is InChI=1S/C18H14FN3O3/c19-13-3-7-15(8-4-13)25-14-5-1-12(2-6-14)11-20-18(24)16-9-10-17(23)22-21-16/h1-10H,11H2,(H,20,24)(H,22,23). The van der Waals surface area contributed by atoms with E-state index < -0.39 is 0 Å². The van der Waals surface area contributed by atoms with Crippen LogP contribution in [0.5, 0.6) is 11.5 Å². The number of aromatic amines is 1. The Morgan fingerprint density at radius 3 is 2.24 bits per heavy atom. The summed E-state index contributed by atoms with van der Waals surface area (Å²) in [6.45, 7) is 0.302. The van der Waals surface area contributed by atoms with Gasteiger partial charge in [-0.2, -0.15) is 5.10 Å². The quantitative estimate of drug-likeness (QED) is 0.748. The number of halogens is 1. The predicted molar refractivity (Wildman–Crippen MR) is 88.9 cm³/mol. The minimum Gasteiger partial charge on any atom is -0.457 e. The van der Waals surface area contributed by atoms with E-state index in [9.17, 15) is 14.0 Å². The summed E-state index contributed by atoms with van der Waals surface area (Å²) in [5, 5.41) is 8.57. The summed E-state index contributed by atoms with van der Waals surface area (Å²) in [7, 11) is 0. The Morgan fingerprint density at radius 2 is 1.64 bits per heavy atom. The van der Waals surface area contributed by atoms with Crippen LogP contribution in [-0.4, -0.2) is 16.1 Å². The number of ether oxygens (including phenoxy) is 1. The van der Waals surface area contributed by atoms with Crippen LogP contribution in [-0.2, 0) is 6.54 Å². The predicted octanol–water partition coefficient (Wildman–Crippen LogP) is 2.63. The molecule has 0 aliphatic heterocycles. The molecule has 0 aliphatic carbocycles. The number of hydrogen-bond donors (Lipinski definition) is 2. The lowest BCUT2D eigenvalue weighted by molar-refractivity contribution is 0.0945. The molecule has 25 heavy (non-hydrogen) atoms. The van der Waals surface area contributed by atoms with Crippen molar-refractivity contribution in [3.8, 4) is 11.5 Å². The van der Waals surface area contributed by atoms with Crippen molar-refractivity contribution in [3.63, 3.8) is 0 Å². The van der Waals surface area contributed by atoms with Crippen molar-refractivity contribution in [2.24, 2.45) is 0 Å². The molecule has 0 unspecified atom stereocenters. The minimum atomic E-state index is -0.386. The van der Waals surface area contributed by atoms with Crippen LogP contribution in [0.3, 0.4) is 0 Å². The Balaban J connectivity index is 1.57. The summed E-state index contributed by atoms with van der Waals surface area (Å²) in [5.74, 6) is 0.425. The Morgan fingerprint density at radius 1 is 1.00 bits per heavy atom. The summed E-state index contributed by atoms with van der Waals surface area (Å²) in [5.41, 5.74) is 0.633. The van der Waals surface area contributed by atoms with Gasteiger partial charge in [-0.25, -0.2) is 9.49 Å². The lowest BCUT2D eigenvalue weighted by Crippen LogP contribution is -2.25. The van der Waals surface area contributed by atoms with E-state index in [0.29, 0.717) is 18.0 Å². The van der Waals surface area contributed by atoms with Crippen molar-refractivity contribution in [2.75, 3.05) is 0 Å². The van der Waals surface area contributed by atoms with Gasteiger partial charge in [0.05, 0.1) is 0 Å². The molecule has 2 aromatic carbocycles. The molecule has 2 N–H and O–H groups in total. The van der Waals surface area contributed by atoms with Gasteiger partial charge >= 0.3 is 0 Å². The third-order valence-electron chi connectivity index (χ3n) is 3.34. The van der Waals surface area contributed by atoms with E-state index in [0.717, 1.165) is 5.56 Å². The molecule has 1 aromatic heterocycles. The van der Waals surface area contributed by atoms with E-state index in [2.05, 4.69) is 15.5 Å². The first-order chi connectivity index (χ1) is 12.1. The summed E-state index contributed by atoms with van der Waals surface area (Å²) in [4.78, 5) is 22.8. The third kappa shape index (κ3) is 4.51. The lowest BCUT2D eigenvalue weighted by Gasteiger charge is -2.08. The second-order valence-corrected chi connectivity index (χ2v) is 5.19. The number of nitrogens with one attached hydrogen (secondary N) is 2.